The van der Waals surface area contributed by atoms with Crippen molar-refractivity contribution in [2.24, 2.45) is 5.92 Å². The topological polar surface area (TPSA) is 50.7 Å². The van der Waals surface area contributed by atoms with E-state index in [9.17, 15) is 0 Å². The van der Waals surface area contributed by atoms with E-state index in [2.05, 4.69) is 18.3 Å². The van der Waals surface area contributed by atoms with Gasteiger partial charge >= 0.3 is 0 Å². The molecule has 0 aromatic heterocycles. The Balaban J connectivity index is 1.96. The zero-order valence-corrected chi connectivity index (χ0v) is 11.7. The van der Waals surface area contributed by atoms with Crippen LogP contribution in [0.25, 0.3) is 0 Å². The fourth-order valence-corrected chi connectivity index (χ4v) is 1.96. The summed E-state index contributed by atoms with van der Waals surface area (Å²) < 4.78 is 11.3. The summed E-state index contributed by atoms with van der Waals surface area (Å²) in [6.45, 7) is 6.52. The van der Waals surface area contributed by atoms with Gasteiger partial charge in [-0.3, -0.25) is 0 Å². The highest BCUT2D eigenvalue weighted by atomic mass is 16.5. The van der Waals surface area contributed by atoms with Crippen LogP contribution in [0.4, 0.5) is 0 Å². The summed E-state index contributed by atoms with van der Waals surface area (Å²) in [5, 5.41) is 12.5. The highest BCUT2D eigenvalue weighted by Crippen LogP contribution is 2.30. The maximum absolute atomic E-state index is 9.12. The smallest absolute Gasteiger partial charge is 0.161 e. The molecule has 19 heavy (non-hydrogen) atoms. The first-order valence-electron chi connectivity index (χ1n) is 6.93. The lowest BCUT2D eigenvalue weighted by Gasteiger charge is -2.19. The zero-order valence-electron chi connectivity index (χ0n) is 11.7. The molecule has 0 radical (unpaired) electrons. The molecule has 0 amide bonds. The fourth-order valence-electron chi connectivity index (χ4n) is 1.96. The largest absolute Gasteiger partial charge is 0.490 e. The minimum absolute atomic E-state index is 0.204. The van der Waals surface area contributed by atoms with Crippen LogP contribution in [-0.2, 0) is 6.54 Å². The molecule has 2 N–H and O–H groups in total. The zero-order chi connectivity index (χ0) is 13.7. The van der Waals surface area contributed by atoms with Crippen LogP contribution in [0.2, 0.25) is 0 Å². The van der Waals surface area contributed by atoms with Crippen LogP contribution in [0.5, 0.6) is 11.5 Å². The summed E-state index contributed by atoms with van der Waals surface area (Å²) in [7, 11) is 0. The van der Waals surface area contributed by atoms with Gasteiger partial charge in [-0.15, -0.1) is 0 Å². The molecule has 1 aromatic rings. The summed E-state index contributed by atoms with van der Waals surface area (Å²) in [5.41, 5.74) is 1.17. The van der Waals surface area contributed by atoms with Crippen LogP contribution in [-0.4, -0.2) is 31.0 Å². The normalized spacial score (nSPS) is 17.6. The number of ether oxygens (including phenoxy) is 2. The van der Waals surface area contributed by atoms with Gasteiger partial charge < -0.3 is 19.9 Å². The predicted molar refractivity (Wildman–Crippen MR) is 74.6 cm³/mol. The van der Waals surface area contributed by atoms with Gasteiger partial charge in [-0.1, -0.05) is 13.0 Å². The van der Waals surface area contributed by atoms with Gasteiger partial charge in [0.1, 0.15) is 0 Å². The number of benzene rings is 1. The highest BCUT2D eigenvalue weighted by molar-refractivity contribution is 5.43. The molecule has 1 aliphatic rings. The number of aliphatic hydroxyl groups excluding tert-OH is 1. The Hall–Kier alpha value is -1.26. The molecule has 106 valence electrons. The first kappa shape index (κ1) is 14.2. The minimum Gasteiger partial charge on any atom is -0.490 e. The molecule has 0 fully saturated rings. The van der Waals surface area contributed by atoms with Gasteiger partial charge in [0.2, 0.25) is 0 Å². The highest BCUT2D eigenvalue weighted by Gasteiger charge is 2.13. The van der Waals surface area contributed by atoms with E-state index < -0.39 is 0 Å². The van der Waals surface area contributed by atoms with Gasteiger partial charge in [0.25, 0.3) is 0 Å². The van der Waals surface area contributed by atoms with Crippen molar-refractivity contribution in [3.8, 4) is 11.5 Å². The summed E-state index contributed by atoms with van der Waals surface area (Å²) in [6, 6.07) is 6.33. The quantitative estimate of drug-likeness (QED) is 0.854. The third kappa shape index (κ3) is 3.85. The van der Waals surface area contributed by atoms with E-state index in [1.165, 1.54) is 5.56 Å². The Morgan fingerprint density at radius 2 is 1.95 bits per heavy atom. The number of aliphatic hydroxyl groups is 1. The van der Waals surface area contributed by atoms with E-state index in [-0.39, 0.29) is 18.6 Å². The maximum atomic E-state index is 9.12. The molecule has 4 heteroatoms. The van der Waals surface area contributed by atoms with E-state index in [1.54, 1.807) is 0 Å². The monoisotopic (exact) mass is 265 g/mol. The second-order valence-electron chi connectivity index (χ2n) is 5.16. The maximum Gasteiger partial charge on any atom is 0.161 e. The molecule has 0 saturated heterocycles. The van der Waals surface area contributed by atoms with E-state index in [0.717, 1.165) is 31.1 Å². The van der Waals surface area contributed by atoms with Crippen molar-refractivity contribution < 1.29 is 14.6 Å². The number of fused-ring (bicyclic) bond motifs is 1. The standard InChI is InChI=1S/C15H23NO3/c1-11(10-17)12(2)16-9-13-4-5-14-15(8-13)19-7-3-6-18-14/h4-5,8,11-12,16-17H,3,6-7,9-10H2,1-2H3. The van der Waals surface area contributed by atoms with Crippen molar-refractivity contribution in [3.63, 3.8) is 0 Å². The molecule has 1 aromatic carbocycles. The van der Waals surface area contributed by atoms with Gasteiger partial charge in [-0.2, -0.15) is 0 Å². The first-order valence-corrected chi connectivity index (χ1v) is 6.93. The lowest BCUT2D eigenvalue weighted by Crippen LogP contribution is -2.33. The van der Waals surface area contributed by atoms with Crippen LogP contribution in [0.15, 0.2) is 18.2 Å². The Morgan fingerprint density at radius 3 is 2.68 bits per heavy atom. The second kappa shape index (κ2) is 6.78. The van der Waals surface area contributed by atoms with Crippen molar-refractivity contribution in [2.75, 3.05) is 19.8 Å². The van der Waals surface area contributed by atoms with Crippen molar-refractivity contribution in [2.45, 2.75) is 32.9 Å². The molecular weight excluding hydrogens is 242 g/mol. The number of hydrogen-bond donors (Lipinski definition) is 2. The van der Waals surface area contributed by atoms with Gasteiger partial charge in [0, 0.05) is 25.6 Å². The van der Waals surface area contributed by atoms with Crippen LogP contribution >= 0.6 is 0 Å². The van der Waals surface area contributed by atoms with Crippen molar-refractivity contribution in [3.05, 3.63) is 23.8 Å². The van der Waals surface area contributed by atoms with Gasteiger partial charge in [-0.25, -0.2) is 0 Å². The molecule has 1 heterocycles. The number of hydrogen-bond acceptors (Lipinski definition) is 4. The van der Waals surface area contributed by atoms with E-state index >= 15 is 0 Å². The number of rotatable bonds is 5. The van der Waals surface area contributed by atoms with Crippen LogP contribution in [0.3, 0.4) is 0 Å². The van der Waals surface area contributed by atoms with E-state index in [0.29, 0.717) is 6.61 Å². The number of nitrogens with one attached hydrogen (secondary N) is 1. The molecule has 2 atom stereocenters. The fraction of sp³-hybridized carbons (Fsp3) is 0.600. The molecule has 0 saturated carbocycles. The third-order valence-electron chi connectivity index (χ3n) is 3.58. The van der Waals surface area contributed by atoms with Crippen LogP contribution in [0, 0.1) is 5.92 Å². The van der Waals surface area contributed by atoms with Gasteiger partial charge in [-0.05, 0) is 30.5 Å². The predicted octanol–water partition coefficient (Wildman–Crippen LogP) is 1.95. The molecule has 4 nitrogen and oxygen atoms in total. The molecule has 1 aliphatic heterocycles. The Labute approximate surface area is 114 Å². The minimum atomic E-state index is 0.204. The molecule has 0 aliphatic carbocycles. The molecule has 2 rings (SSSR count). The summed E-state index contributed by atoms with van der Waals surface area (Å²) in [4.78, 5) is 0. The molecular formula is C15H23NO3. The molecule has 0 bridgehead atoms. The molecule has 0 spiro atoms. The Kier molecular flexibility index (Phi) is 5.05. The van der Waals surface area contributed by atoms with Gasteiger partial charge in [0.05, 0.1) is 13.2 Å². The first-order chi connectivity index (χ1) is 9.20. The average molecular weight is 265 g/mol. The summed E-state index contributed by atoms with van der Waals surface area (Å²) in [5.74, 6) is 1.91. The van der Waals surface area contributed by atoms with E-state index in [4.69, 9.17) is 14.6 Å². The second-order valence-corrected chi connectivity index (χ2v) is 5.16. The van der Waals surface area contributed by atoms with Gasteiger partial charge in [0.15, 0.2) is 11.5 Å². The van der Waals surface area contributed by atoms with Crippen molar-refractivity contribution in [1.82, 2.24) is 5.32 Å². The average Bonchev–Trinajstić information content (AvgIpc) is 2.68. The SMILES string of the molecule is CC(CO)C(C)NCc1ccc2c(c1)OCCCO2. The lowest BCUT2D eigenvalue weighted by atomic mass is 10.0. The lowest BCUT2D eigenvalue weighted by molar-refractivity contribution is 0.207. The van der Waals surface area contributed by atoms with Crippen LogP contribution in [0.1, 0.15) is 25.8 Å². The Morgan fingerprint density at radius 1 is 1.21 bits per heavy atom. The molecule has 2 unspecified atom stereocenters. The van der Waals surface area contributed by atoms with Crippen molar-refractivity contribution in [1.29, 1.82) is 0 Å². The summed E-state index contributed by atoms with van der Waals surface area (Å²) in [6.07, 6.45) is 0.924. The van der Waals surface area contributed by atoms with Crippen molar-refractivity contribution >= 4 is 0 Å². The van der Waals surface area contributed by atoms with E-state index in [1.807, 2.05) is 19.1 Å². The van der Waals surface area contributed by atoms with Crippen LogP contribution < -0.4 is 14.8 Å². The Bertz CT molecular complexity index is 408. The summed E-state index contributed by atoms with van der Waals surface area (Å²) >= 11 is 0. The third-order valence-corrected chi connectivity index (χ3v) is 3.58.